The predicted molar refractivity (Wildman–Crippen MR) is 80.7 cm³/mol. The van der Waals surface area contributed by atoms with Gasteiger partial charge in [-0.25, -0.2) is 4.98 Å². The highest BCUT2D eigenvalue weighted by Gasteiger charge is 2.26. The number of nitrogens with zero attached hydrogens (tertiary/aromatic N) is 3. The summed E-state index contributed by atoms with van der Waals surface area (Å²) in [5.74, 6) is 0.251. The van der Waals surface area contributed by atoms with Crippen LogP contribution in [0, 0.1) is 0 Å². The number of pyridine rings is 1. The summed E-state index contributed by atoms with van der Waals surface area (Å²) in [5, 5.41) is 0. The molecule has 20 heavy (non-hydrogen) atoms. The Bertz CT molecular complexity index is 501. The van der Waals surface area contributed by atoms with Crippen LogP contribution in [0.25, 0.3) is 0 Å². The fraction of sp³-hybridized carbons (Fsp3) is 0.571. The molecule has 2 rings (SSSR count). The molecule has 110 valence electrons. The van der Waals surface area contributed by atoms with Gasteiger partial charge in [0, 0.05) is 31.7 Å². The molecule has 4 N–H and O–H groups in total. The zero-order valence-corrected chi connectivity index (χ0v) is 12.4. The first-order valence-electron chi connectivity index (χ1n) is 6.84. The van der Waals surface area contributed by atoms with E-state index in [2.05, 4.69) is 35.6 Å². The van der Waals surface area contributed by atoms with E-state index in [9.17, 15) is 4.79 Å². The van der Waals surface area contributed by atoms with Crippen LogP contribution in [0.4, 0.5) is 11.5 Å². The van der Waals surface area contributed by atoms with E-state index in [4.69, 9.17) is 11.5 Å². The van der Waals surface area contributed by atoms with Gasteiger partial charge >= 0.3 is 0 Å². The highest BCUT2D eigenvalue weighted by Crippen LogP contribution is 2.21. The van der Waals surface area contributed by atoms with Crippen molar-refractivity contribution in [1.82, 2.24) is 9.88 Å². The molecule has 1 aliphatic heterocycles. The Morgan fingerprint density at radius 3 is 2.35 bits per heavy atom. The lowest BCUT2D eigenvalue weighted by atomic mass is 10.0. The Morgan fingerprint density at radius 1 is 1.25 bits per heavy atom. The molecule has 0 unspecified atom stereocenters. The highest BCUT2D eigenvalue weighted by molar-refractivity contribution is 5.98. The van der Waals surface area contributed by atoms with Gasteiger partial charge in [-0.15, -0.1) is 0 Å². The molecule has 6 heteroatoms. The zero-order chi connectivity index (χ0) is 14.9. The second kappa shape index (κ2) is 5.28. The van der Waals surface area contributed by atoms with Crippen molar-refractivity contribution in [3.63, 3.8) is 0 Å². The van der Waals surface area contributed by atoms with Gasteiger partial charge in [0.25, 0.3) is 5.91 Å². The van der Waals surface area contributed by atoms with Crippen LogP contribution in [-0.2, 0) is 0 Å². The number of hydrogen-bond acceptors (Lipinski definition) is 5. The number of hydrogen-bond donors (Lipinski definition) is 2. The van der Waals surface area contributed by atoms with Gasteiger partial charge < -0.3 is 16.4 Å². The first-order chi connectivity index (χ1) is 9.29. The predicted octanol–water partition coefficient (Wildman–Crippen LogP) is 0.683. The maximum absolute atomic E-state index is 11.3. The fourth-order valence-electron chi connectivity index (χ4n) is 2.45. The van der Waals surface area contributed by atoms with Crippen LogP contribution in [0.1, 0.15) is 31.1 Å². The summed E-state index contributed by atoms with van der Waals surface area (Å²) in [4.78, 5) is 20.2. The van der Waals surface area contributed by atoms with Crippen molar-refractivity contribution < 1.29 is 4.79 Å². The minimum Gasteiger partial charge on any atom is -0.397 e. The van der Waals surface area contributed by atoms with Crippen LogP contribution < -0.4 is 16.4 Å². The number of carbonyl (C=O) groups is 1. The summed E-state index contributed by atoms with van der Waals surface area (Å²) < 4.78 is 0. The van der Waals surface area contributed by atoms with E-state index in [0.29, 0.717) is 11.3 Å². The van der Waals surface area contributed by atoms with Crippen molar-refractivity contribution in [2.45, 2.75) is 26.3 Å². The normalized spacial score (nSPS) is 17.2. The number of anilines is 2. The molecule has 0 atom stereocenters. The number of primary amides is 1. The Hall–Kier alpha value is -1.82. The van der Waals surface area contributed by atoms with Gasteiger partial charge in [0.1, 0.15) is 5.82 Å². The van der Waals surface area contributed by atoms with E-state index in [1.165, 1.54) is 6.20 Å². The monoisotopic (exact) mass is 277 g/mol. The van der Waals surface area contributed by atoms with Gasteiger partial charge in [-0.2, -0.15) is 0 Å². The van der Waals surface area contributed by atoms with Gasteiger partial charge in [0.15, 0.2) is 0 Å². The second-order valence-electron chi connectivity index (χ2n) is 6.14. The third-order valence-electron chi connectivity index (χ3n) is 3.74. The van der Waals surface area contributed by atoms with E-state index in [0.717, 1.165) is 32.0 Å². The lowest BCUT2D eigenvalue weighted by molar-refractivity contribution is 0.100. The maximum Gasteiger partial charge on any atom is 0.250 e. The van der Waals surface area contributed by atoms with Gasteiger partial charge in [-0.05, 0) is 26.8 Å². The van der Waals surface area contributed by atoms with Crippen molar-refractivity contribution in [3.8, 4) is 0 Å². The molecule has 1 aromatic rings. The minimum absolute atomic E-state index is 0.180. The quantitative estimate of drug-likeness (QED) is 0.830. The molecular formula is C14H23N5O. The van der Waals surface area contributed by atoms with E-state index >= 15 is 0 Å². The molecule has 1 fully saturated rings. The van der Waals surface area contributed by atoms with E-state index in [-0.39, 0.29) is 5.54 Å². The Kier molecular flexibility index (Phi) is 3.85. The number of carbonyl (C=O) groups excluding carboxylic acids is 1. The van der Waals surface area contributed by atoms with Crippen LogP contribution in [0.15, 0.2) is 12.3 Å². The second-order valence-corrected chi connectivity index (χ2v) is 6.14. The van der Waals surface area contributed by atoms with E-state index in [1.807, 2.05) is 0 Å². The summed E-state index contributed by atoms with van der Waals surface area (Å²) in [6, 6.07) is 1.68. The Labute approximate surface area is 119 Å². The lowest BCUT2D eigenvalue weighted by Crippen LogP contribution is -2.53. The topological polar surface area (TPSA) is 88.5 Å². The molecule has 0 radical (unpaired) electrons. The van der Waals surface area contributed by atoms with Crippen molar-refractivity contribution in [2.24, 2.45) is 5.73 Å². The van der Waals surface area contributed by atoms with E-state index in [1.54, 1.807) is 6.07 Å². The Balaban J connectivity index is 2.11. The number of amides is 1. The fourth-order valence-corrected chi connectivity index (χ4v) is 2.45. The number of nitrogens with two attached hydrogens (primary N) is 2. The number of piperazine rings is 1. The van der Waals surface area contributed by atoms with Crippen molar-refractivity contribution in [3.05, 3.63) is 17.8 Å². The molecule has 1 amide bonds. The molecule has 0 spiro atoms. The molecule has 6 nitrogen and oxygen atoms in total. The third kappa shape index (κ3) is 3.01. The highest BCUT2D eigenvalue weighted by atomic mass is 16.1. The summed E-state index contributed by atoms with van der Waals surface area (Å²) in [5.41, 5.74) is 11.9. The van der Waals surface area contributed by atoms with Crippen LogP contribution in [0.3, 0.4) is 0 Å². The standard InChI is InChI=1S/C14H23N5O/c1-14(2,3)19-6-4-18(5-7-19)12-8-10(13(16)20)11(15)9-17-12/h8-9H,4-7,15H2,1-3H3,(H2,16,20). The average Bonchev–Trinajstić information content (AvgIpc) is 2.38. The van der Waals surface area contributed by atoms with Crippen LogP contribution >= 0.6 is 0 Å². The summed E-state index contributed by atoms with van der Waals surface area (Å²) >= 11 is 0. The largest absolute Gasteiger partial charge is 0.397 e. The molecule has 2 heterocycles. The third-order valence-corrected chi connectivity index (χ3v) is 3.74. The molecule has 1 saturated heterocycles. The SMILES string of the molecule is CC(C)(C)N1CCN(c2cc(C(N)=O)c(N)cn2)CC1. The van der Waals surface area contributed by atoms with Crippen LogP contribution in [0.5, 0.6) is 0 Å². The lowest BCUT2D eigenvalue weighted by Gasteiger charge is -2.42. The molecule has 0 aromatic carbocycles. The number of aromatic nitrogens is 1. The van der Waals surface area contributed by atoms with Crippen molar-refractivity contribution in [1.29, 1.82) is 0 Å². The van der Waals surface area contributed by atoms with Crippen molar-refractivity contribution in [2.75, 3.05) is 36.8 Å². The summed E-state index contributed by atoms with van der Waals surface area (Å²) in [7, 11) is 0. The number of rotatable bonds is 2. The smallest absolute Gasteiger partial charge is 0.250 e. The molecule has 0 bridgehead atoms. The average molecular weight is 277 g/mol. The number of nitrogen functional groups attached to an aromatic ring is 1. The summed E-state index contributed by atoms with van der Waals surface area (Å²) in [6.07, 6.45) is 1.51. The molecule has 0 saturated carbocycles. The van der Waals surface area contributed by atoms with Gasteiger partial charge in [-0.1, -0.05) is 0 Å². The van der Waals surface area contributed by atoms with Crippen molar-refractivity contribution >= 4 is 17.4 Å². The molecule has 1 aliphatic rings. The minimum atomic E-state index is -0.514. The first-order valence-corrected chi connectivity index (χ1v) is 6.84. The van der Waals surface area contributed by atoms with Crippen LogP contribution in [-0.4, -0.2) is 47.5 Å². The maximum atomic E-state index is 11.3. The van der Waals surface area contributed by atoms with Gasteiger partial charge in [0.2, 0.25) is 0 Å². The zero-order valence-electron chi connectivity index (χ0n) is 12.4. The van der Waals surface area contributed by atoms with Gasteiger partial charge in [-0.3, -0.25) is 9.69 Å². The van der Waals surface area contributed by atoms with E-state index < -0.39 is 5.91 Å². The molecular weight excluding hydrogens is 254 g/mol. The molecule has 0 aliphatic carbocycles. The Morgan fingerprint density at radius 2 is 1.85 bits per heavy atom. The molecule has 1 aromatic heterocycles. The first kappa shape index (κ1) is 14.6. The summed E-state index contributed by atoms with van der Waals surface area (Å²) in [6.45, 7) is 10.4. The van der Waals surface area contributed by atoms with Crippen LogP contribution in [0.2, 0.25) is 0 Å². The van der Waals surface area contributed by atoms with Gasteiger partial charge in [0.05, 0.1) is 17.4 Å².